The van der Waals surface area contributed by atoms with Crippen LogP contribution in [0.3, 0.4) is 0 Å². The van der Waals surface area contributed by atoms with E-state index in [2.05, 4.69) is 35.8 Å². The lowest BCUT2D eigenvalue weighted by atomic mass is 10.3. The maximum Gasteiger partial charge on any atom is 0.0564 e. The molecule has 0 radical (unpaired) electrons. The summed E-state index contributed by atoms with van der Waals surface area (Å²) in [5.41, 5.74) is 7.59. The molecule has 0 unspecified atom stereocenters. The molecule has 0 aromatic carbocycles. The lowest BCUT2D eigenvalue weighted by Gasteiger charge is -2.21. The van der Waals surface area contributed by atoms with Crippen molar-refractivity contribution in [3.05, 3.63) is 24.0 Å². The number of nitrogens with two attached hydrogens (primary N) is 1. The molecule has 0 fully saturated rings. The fourth-order valence-electron chi connectivity index (χ4n) is 1.77. The zero-order chi connectivity index (χ0) is 12.7. The summed E-state index contributed by atoms with van der Waals surface area (Å²) in [5, 5.41) is 0. The first-order chi connectivity index (χ1) is 8.11. The average Bonchev–Trinajstić information content (AvgIpc) is 2.27. The molecule has 1 aromatic heterocycles. The normalized spacial score (nSPS) is 11.4. The third-order valence-electron chi connectivity index (χ3n) is 2.75. The number of rotatable bonds is 7. The summed E-state index contributed by atoms with van der Waals surface area (Å²) >= 11 is 0. The van der Waals surface area contributed by atoms with Crippen LogP contribution in [-0.2, 0) is 6.54 Å². The Morgan fingerprint density at radius 3 is 2.65 bits per heavy atom. The highest BCUT2D eigenvalue weighted by molar-refractivity contribution is 5.37. The molecule has 0 bridgehead atoms. The second-order valence-corrected chi connectivity index (χ2v) is 4.61. The van der Waals surface area contributed by atoms with Crippen LogP contribution in [0.1, 0.15) is 19.0 Å². The predicted molar refractivity (Wildman–Crippen MR) is 72.8 cm³/mol. The van der Waals surface area contributed by atoms with Crippen molar-refractivity contribution >= 4 is 5.69 Å². The molecule has 4 nitrogen and oxygen atoms in total. The maximum absolute atomic E-state index is 5.75. The van der Waals surface area contributed by atoms with Gasteiger partial charge in [0, 0.05) is 18.4 Å². The first-order valence-corrected chi connectivity index (χ1v) is 6.19. The van der Waals surface area contributed by atoms with E-state index in [0.717, 1.165) is 37.6 Å². The van der Waals surface area contributed by atoms with Gasteiger partial charge in [-0.15, -0.1) is 0 Å². The minimum atomic E-state index is 0.791. The second kappa shape index (κ2) is 7.25. The van der Waals surface area contributed by atoms with E-state index in [-0.39, 0.29) is 0 Å². The minimum Gasteiger partial charge on any atom is -0.399 e. The summed E-state index contributed by atoms with van der Waals surface area (Å²) < 4.78 is 0. The van der Waals surface area contributed by atoms with Gasteiger partial charge in [0.25, 0.3) is 0 Å². The van der Waals surface area contributed by atoms with E-state index >= 15 is 0 Å². The van der Waals surface area contributed by atoms with Crippen LogP contribution in [0.2, 0.25) is 0 Å². The smallest absolute Gasteiger partial charge is 0.0564 e. The van der Waals surface area contributed by atoms with Crippen molar-refractivity contribution in [2.75, 3.05) is 39.5 Å². The largest absolute Gasteiger partial charge is 0.399 e. The van der Waals surface area contributed by atoms with Gasteiger partial charge in [0.15, 0.2) is 0 Å². The van der Waals surface area contributed by atoms with Crippen molar-refractivity contribution in [3.63, 3.8) is 0 Å². The van der Waals surface area contributed by atoms with Gasteiger partial charge in [-0.05, 0) is 52.3 Å². The molecule has 0 saturated carbocycles. The van der Waals surface area contributed by atoms with Gasteiger partial charge in [-0.25, -0.2) is 0 Å². The third kappa shape index (κ3) is 5.65. The fourth-order valence-corrected chi connectivity index (χ4v) is 1.77. The summed E-state index contributed by atoms with van der Waals surface area (Å²) in [5.74, 6) is 0. The monoisotopic (exact) mass is 236 g/mol. The second-order valence-electron chi connectivity index (χ2n) is 4.61. The van der Waals surface area contributed by atoms with E-state index in [1.165, 1.54) is 6.42 Å². The number of pyridine rings is 1. The standard InChI is InChI=1S/C13H24N4/c1-4-17(9-5-8-16(2)3)11-13-10-12(14)6-7-15-13/h6-7,10H,4-5,8-9,11H2,1-3H3,(H2,14,15). The quantitative estimate of drug-likeness (QED) is 0.778. The van der Waals surface area contributed by atoms with Crippen molar-refractivity contribution in [3.8, 4) is 0 Å². The summed E-state index contributed by atoms with van der Waals surface area (Å²) in [4.78, 5) is 8.95. The molecule has 0 saturated heterocycles. The van der Waals surface area contributed by atoms with Crippen molar-refractivity contribution in [1.29, 1.82) is 0 Å². The van der Waals surface area contributed by atoms with Crippen LogP contribution in [-0.4, -0.2) is 48.5 Å². The van der Waals surface area contributed by atoms with Gasteiger partial charge < -0.3 is 10.6 Å². The predicted octanol–water partition coefficient (Wildman–Crippen LogP) is 1.44. The van der Waals surface area contributed by atoms with Gasteiger partial charge in [-0.2, -0.15) is 0 Å². The Bertz CT molecular complexity index is 325. The van der Waals surface area contributed by atoms with Crippen LogP contribution in [0.5, 0.6) is 0 Å². The Hall–Kier alpha value is -1.13. The summed E-state index contributed by atoms with van der Waals surface area (Å²) in [6.07, 6.45) is 2.96. The topological polar surface area (TPSA) is 45.4 Å². The number of anilines is 1. The average molecular weight is 236 g/mol. The van der Waals surface area contributed by atoms with Gasteiger partial charge in [0.2, 0.25) is 0 Å². The van der Waals surface area contributed by atoms with Crippen molar-refractivity contribution in [2.45, 2.75) is 19.9 Å². The van der Waals surface area contributed by atoms with Crippen LogP contribution in [0, 0.1) is 0 Å². The van der Waals surface area contributed by atoms with Gasteiger partial charge in [-0.1, -0.05) is 6.92 Å². The number of aromatic nitrogens is 1. The van der Waals surface area contributed by atoms with Gasteiger partial charge in [-0.3, -0.25) is 9.88 Å². The first-order valence-electron chi connectivity index (χ1n) is 6.19. The molecule has 2 N–H and O–H groups in total. The van der Waals surface area contributed by atoms with E-state index in [4.69, 9.17) is 5.73 Å². The molecule has 0 spiro atoms. The van der Waals surface area contributed by atoms with Gasteiger partial charge >= 0.3 is 0 Å². The van der Waals surface area contributed by atoms with E-state index in [1.807, 2.05) is 12.1 Å². The Labute approximate surface area is 104 Å². The molecule has 0 atom stereocenters. The summed E-state index contributed by atoms with van der Waals surface area (Å²) in [7, 11) is 4.21. The molecule has 96 valence electrons. The summed E-state index contributed by atoms with van der Waals surface area (Å²) in [6, 6.07) is 3.78. The highest BCUT2D eigenvalue weighted by Crippen LogP contribution is 2.06. The number of hydrogen-bond acceptors (Lipinski definition) is 4. The SMILES string of the molecule is CCN(CCCN(C)C)Cc1cc(N)ccn1. The molecular weight excluding hydrogens is 212 g/mol. The molecule has 1 rings (SSSR count). The Morgan fingerprint density at radius 1 is 1.29 bits per heavy atom. The molecule has 0 aliphatic heterocycles. The van der Waals surface area contributed by atoms with Crippen molar-refractivity contribution in [2.24, 2.45) is 0 Å². The van der Waals surface area contributed by atoms with Crippen LogP contribution in [0.4, 0.5) is 5.69 Å². The van der Waals surface area contributed by atoms with Gasteiger partial charge in [0.1, 0.15) is 0 Å². The van der Waals surface area contributed by atoms with Gasteiger partial charge in [0.05, 0.1) is 5.69 Å². The number of nitrogens with zero attached hydrogens (tertiary/aromatic N) is 3. The Morgan fingerprint density at radius 2 is 2.06 bits per heavy atom. The summed E-state index contributed by atoms with van der Waals surface area (Å²) in [6.45, 7) is 6.34. The van der Waals surface area contributed by atoms with Crippen LogP contribution in [0.15, 0.2) is 18.3 Å². The Kier molecular flexibility index (Phi) is 5.94. The number of nitrogen functional groups attached to an aromatic ring is 1. The number of hydrogen-bond donors (Lipinski definition) is 1. The van der Waals surface area contributed by atoms with E-state index < -0.39 is 0 Å². The lowest BCUT2D eigenvalue weighted by molar-refractivity contribution is 0.257. The molecule has 0 aliphatic rings. The van der Waals surface area contributed by atoms with Crippen LogP contribution >= 0.6 is 0 Å². The van der Waals surface area contributed by atoms with E-state index in [9.17, 15) is 0 Å². The Balaban J connectivity index is 2.41. The fraction of sp³-hybridized carbons (Fsp3) is 0.615. The highest BCUT2D eigenvalue weighted by atomic mass is 15.1. The lowest BCUT2D eigenvalue weighted by Crippen LogP contribution is -2.27. The zero-order valence-corrected chi connectivity index (χ0v) is 11.2. The molecular formula is C13H24N4. The van der Waals surface area contributed by atoms with Crippen LogP contribution in [0.25, 0.3) is 0 Å². The molecule has 4 heteroatoms. The van der Waals surface area contributed by atoms with E-state index in [1.54, 1.807) is 6.20 Å². The molecule has 0 aliphatic carbocycles. The maximum atomic E-state index is 5.75. The zero-order valence-electron chi connectivity index (χ0n) is 11.2. The third-order valence-corrected chi connectivity index (χ3v) is 2.75. The van der Waals surface area contributed by atoms with E-state index in [0.29, 0.717) is 0 Å². The van der Waals surface area contributed by atoms with Crippen molar-refractivity contribution < 1.29 is 0 Å². The molecule has 17 heavy (non-hydrogen) atoms. The highest BCUT2D eigenvalue weighted by Gasteiger charge is 2.05. The van der Waals surface area contributed by atoms with Crippen molar-refractivity contribution in [1.82, 2.24) is 14.8 Å². The molecule has 1 heterocycles. The minimum absolute atomic E-state index is 0.791. The first kappa shape index (κ1) is 13.9. The molecule has 1 aromatic rings. The molecule has 0 amide bonds. The van der Waals surface area contributed by atoms with Crippen LogP contribution < -0.4 is 5.73 Å².